The van der Waals surface area contributed by atoms with Gasteiger partial charge >= 0.3 is 0 Å². The van der Waals surface area contributed by atoms with E-state index < -0.39 is 0 Å². The Morgan fingerprint density at radius 1 is 1.31 bits per heavy atom. The number of benzene rings is 1. The van der Waals surface area contributed by atoms with Crippen molar-refractivity contribution >= 4 is 10.9 Å². The maximum absolute atomic E-state index is 9.99. The lowest BCUT2D eigenvalue weighted by Gasteiger charge is -2.17. The summed E-state index contributed by atoms with van der Waals surface area (Å²) >= 11 is 0. The highest BCUT2D eigenvalue weighted by Gasteiger charge is 2.22. The zero-order valence-corrected chi connectivity index (χ0v) is 9.80. The third-order valence-electron chi connectivity index (χ3n) is 3.63. The largest absolute Gasteiger partial charge is 0.387 e. The van der Waals surface area contributed by atoms with Crippen molar-refractivity contribution in [2.45, 2.75) is 39.2 Å². The zero-order chi connectivity index (χ0) is 11.3. The van der Waals surface area contributed by atoms with Crippen LogP contribution in [0.25, 0.3) is 10.9 Å². The fourth-order valence-corrected chi connectivity index (χ4v) is 2.90. The Labute approximate surface area is 95.3 Å². The lowest BCUT2D eigenvalue weighted by Crippen LogP contribution is -2.07. The van der Waals surface area contributed by atoms with E-state index >= 15 is 0 Å². The topological polar surface area (TPSA) is 36.0 Å². The molecule has 2 heteroatoms. The highest BCUT2D eigenvalue weighted by molar-refractivity contribution is 5.88. The van der Waals surface area contributed by atoms with Gasteiger partial charge < -0.3 is 10.1 Å². The first-order valence-electron chi connectivity index (χ1n) is 5.96. The molecule has 0 saturated heterocycles. The van der Waals surface area contributed by atoms with Gasteiger partial charge in [-0.2, -0.15) is 0 Å². The molecular formula is C14H17NO. The number of aliphatic hydroxyl groups excluding tert-OH is 1. The normalized spacial score (nSPS) is 20.1. The van der Waals surface area contributed by atoms with E-state index in [0.717, 1.165) is 25.0 Å². The SMILES string of the molecule is Cc1cc(C)c2[nH]c3c(c2c1)CCC[C@@H]3O. The summed E-state index contributed by atoms with van der Waals surface area (Å²) in [5, 5.41) is 11.3. The second-order valence-corrected chi connectivity index (χ2v) is 4.93. The quantitative estimate of drug-likeness (QED) is 0.695. The van der Waals surface area contributed by atoms with Crippen molar-refractivity contribution in [1.29, 1.82) is 0 Å². The second-order valence-electron chi connectivity index (χ2n) is 4.93. The molecule has 16 heavy (non-hydrogen) atoms. The molecule has 2 nitrogen and oxygen atoms in total. The molecule has 0 bridgehead atoms. The molecule has 2 N–H and O–H groups in total. The van der Waals surface area contributed by atoms with E-state index in [0.29, 0.717) is 0 Å². The van der Waals surface area contributed by atoms with Crippen molar-refractivity contribution in [3.63, 3.8) is 0 Å². The molecule has 0 unspecified atom stereocenters. The van der Waals surface area contributed by atoms with Crippen LogP contribution in [-0.2, 0) is 6.42 Å². The van der Waals surface area contributed by atoms with E-state index in [1.54, 1.807) is 0 Å². The maximum Gasteiger partial charge on any atom is 0.0941 e. The monoisotopic (exact) mass is 215 g/mol. The van der Waals surface area contributed by atoms with Gasteiger partial charge in [0, 0.05) is 16.6 Å². The first-order valence-corrected chi connectivity index (χ1v) is 5.96. The van der Waals surface area contributed by atoms with Crippen LogP contribution in [0, 0.1) is 13.8 Å². The van der Waals surface area contributed by atoms with Gasteiger partial charge in [-0.25, -0.2) is 0 Å². The number of hydrogen-bond donors (Lipinski definition) is 2. The summed E-state index contributed by atoms with van der Waals surface area (Å²) in [7, 11) is 0. The van der Waals surface area contributed by atoms with Crippen molar-refractivity contribution in [2.24, 2.45) is 0 Å². The molecule has 0 amide bonds. The number of aliphatic hydroxyl groups is 1. The molecule has 0 spiro atoms. The third-order valence-corrected chi connectivity index (χ3v) is 3.63. The van der Waals surface area contributed by atoms with Gasteiger partial charge in [-0.05, 0) is 50.3 Å². The summed E-state index contributed by atoms with van der Waals surface area (Å²) in [6, 6.07) is 4.42. The molecule has 0 saturated carbocycles. The summed E-state index contributed by atoms with van der Waals surface area (Å²) in [6.45, 7) is 4.26. The molecule has 3 rings (SSSR count). The number of nitrogens with one attached hydrogen (secondary N) is 1. The van der Waals surface area contributed by atoms with Crippen molar-refractivity contribution in [1.82, 2.24) is 4.98 Å². The van der Waals surface area contributed by atoms with Crippen LogP contribution >= 0.6 is 0 Å². The molecule has 0 fully saturated rings. The summed E-state index contributed by atoms with van der Waals surface area (Å²) in [5.41, 5.74) is 6.16. The average Bonchev–Trinajstić information content (AvgIpc) is 2.59. The fourth-order valence-electron chi connectivity index (χ4n) is 2.90. The van der Waals surface area contributed by atoms with Gasteiger partial charge in [-0.1, -0.05) is 11.6 Å². The van der Waals surface area contributed by atoms with E-state index in [2.05, 4.69) is 31.0 Å². The van der Waals surface area contributed by atoms with Crippen LogP contribution in [-0.4, -0.2) is 10.1 Å². The minimum absolute atomic E-state index is 0.296. The van der Waals surface area contributed by atoms with Crippen LogP contribution in [0.5, 0.6) is 0 Å². The molecular weight excluding hydrogens is 198 g/mol. The molecule has 1 heterocycles. The van der Waals surface area contributed by atoms with E-state index in [4.69, 9.17) is 0 Å². The van der Waals surface area contributed by atoms with Gasteiger partial charge in [0.25, 0.3) is 0 Å². The first-order chi connectivity index (χ1) is 7.66. The molecule has 1 atom stereocenters. The van der Waals surface area contributed by atoms with Crippen LogP contribution in [0.1, 0.15) is 41.3 Å². The Bertz CT molecular complexity index is 553. The van der Waals surface area contributed by atoms with E-state index in [1.165, 1.54) is 27.6 Å². The van der Waals surface area contributed by atoms with Crippen molar-refractivity contribution in [3.05, 3.63) is 34.5 Å². The Kier molecular flexibility index (Phi) is 2.08. The second kappa shape index (κ2) is 3.36. The minimum atomic E-state index is -0.296. The van der Waals surface area contributed by atoms with Crippen molar-refractivity contribution in [2.75, 3.05) is 0 Å². The van der Waals surface area contributed by atoms with Crippen LogP contribution in [0.4, 0.5) is 0 Å². The summed E-state index contributed by atoms with van der Waals surface area (Å²) in [4.78, 5) is 3.41. The van der Waals surface area contributed by atoms with Gasteiger partial charge in [-0.3, -0.25) is 0 Å². The van der Waals surface area contributed by atoms with Gasteiger partial charge in [0.1, 0.15) is 0 Å². The number of aryl methyl sites for hydroxylation is 3. The Balaban J connectivity index is 2.36. The Morgan fingerprint density at radius 2 is 2.12 bits per heavy atom. The van der Waals surface area contributed by atoms with Crippen LogP contribution in [0.3, 0.4) is 0 Å². The summed E-state index contributed by atoms with van der Waals surface area (Å²) in [6.07, 6.45) is 2.78. The number of aromatic nitrogens is 1. The molecule has 0 radical (unpaired) electrons. The number of aromatic amines is 1. The molecule has 84 valence electrons. The number of rotatable bonds is 0. The average molecular weight is 215 g/mol. The number of hydrogen-bond acceptors (Lipinski definition) is 1. The predicted molar refractivity (Wildman–Crippen MR) is 65.7 cm³/mol. The standard InChI is InChI=1S/C14H17NO/c1-8-6-9(2)13-11(7-8)10-4-3-5-12(16)14(10)15-13/h6-7,12,15-16H,3-5H2,1-2H3/t12-/m0/s1. The highest BCUT2D eigenvalue weighted by Crippen LogP contribution is 2.35. The van der Waals surface area contributed by atoms with Gasteiger partial charge in [-0.15, -0.1) is 0 Å². The predicted octanol–water partition coefficient (Wildman–Crippen LogP) is 3.15. The minimum Gasteiger partial charge on any atom is -0.387 e. The molecule has 0 aliphatic heterocycles. The van der Waals surface area contributed by atoms with E-state index in [-0.39, 0.29) is 6.10 Å². The summed E-state index contributed by atoms with van der Waals surface area (Å²) in [5.74, 6) is 0. The summed E-state index contributed by atoms with van der Waals surface area (Å²) < 4.78 is 0. The van der Waals surface area contributed by atoms with Gasteiger partial charge in [0.15, 0.2) is 0 Å². The van der Waals surface area contributed by atoms with E-state index in [9.17, 15) is 5.11 Å². The molecule has 1 aromatic carbocycles. The lowest BCUT2D eigenvalue weighted by atomic mass is 9.93. The smallest absolute Gasteiger partial charge is 0.0941 e. The fraction of sp³-hybridized carbons (Fsp3) is 0.429. The van der Waals surface area contributed by atoms with E-state index in [1.807, 2.05) is 0 Å². The highest BCUT2D eigenvalue weighted by atomic mass is 16.3. The van der Waals surface area contributed by atoms with Crippen molar-refractivity contribution in [3.8, 4) is 0 Å². The van der Waals surface area contributed by atoms with Crippen LogP contribution < -0.4 is 0 Å². The van der Waals surface area contributed by atoms with Gasteiger partial charge in [0.2, 0.25) is 0 Å². The number of fused-ring (bicyclic) bond motifs is 3. The first kappa shape index (κ1) is 9.91. The number of H-pyrrole nitrogens is 1. The van der Waals surface area contributed by atoms with Crippen molar-refractivity contribution < 1.29 is 5.11 Å². The Hall–Kier alpha value is -1.28. The molecule has 1 aromatic heterocycles. The van der Waals surface area contributed by atoms with Crippen LogP contribution in [0.2, 0.25) is 0 Å². The lowest BCUT2D eigenvalue weighted by molar-refractivity contribution is 0.153. The zero-order valence-electron chi connectivity index (χ0n) is 9.80. The van der Waals surface area contributed by atoms with Crippen LogP contribution in [0.15, 0.2) is 12.1 Å². The molecule has 1 aliphatic carbocycles. The molecule has 2 aromatic rings. The Morgan fingerprint density at radius 3 is 2.94 bits per heavy atom. The molecule has 1 aliphatic rings. The maximum atomic E-state index is 9.99. The van der Waals surface area contributed by atoms with Gasteiger partial charge in [0.05, 0.1) is 6.10 Å². The third kappa shape index (κ3) is 1.30.